The molecule has 0 saturated heterocycles. The fourth-order valence-electron chi connectivity index (χ4n) is 13.2. The van der Waals surface area contributed by atoms with Gasteiger partial charge in [-0.1, -0.05) is 157 Å². The van der Waals surface area contributed by atoms with Crippen molar-refractivity contribution in [3.05, 3.63) is 293 Å². The molecular weight excluding hydrogens is 2010 g/mol. The number of hydrogen-bond donors (Lipinski definition) is 3. The molecule has 134 heavy (non-hydrogen) atoms. The predicted molar refractivity (Wildman–Crippen MR) is 520 cm³/mol. The van der Waals surface area contributed by atoms with Crippen LogP contribution >= 0.6 is 69.6 Å². The lowest BCUT2D eigenvalue weighted by Gasteiger charge is -2.26. The van der Waals surface area contributed by atoms with E-state index in [1.807, 2.05) is 20.8 Å². The third-order valence-corrected chi connectivity index (χ3v) is 38.7. The molecule has 0 radical (unpaired) electrons. The summed E-state index contributed by atoms with van der Waals surface area (Å²) in [4.78, 5) is 11.6. The molecule has 3 N–H and O–H groups in total. The van der Waals surface area contributed by atoms with Crippen LogP contribution in [0.2, 0.25) is 30.1 Å². The Bertz CT molecular complexity index is 7230. The van der Waals surface area contributed by atoms with Gasteiger partial charge in [-0.25, -0.2) is 26.3 Å². The molecule has 47 heteroatoms. The summed E-state index contributed by atoms with van der Waals surface area (Å²) in [6.07, 6.45) is 9.19. The quantitative estimate of drug-likeness (QED) is 0.0278. The zero-order chi connectivity index (χ0) is 99.3. The van der Waals surface area contributed by atoms with Gasteiger partial charge in [0.25, 0.3) is 80.2 Å². The van der Waals surface area contributed by atoms with Crippen molar-refractivity contribution in [2.24, 2.45) is 14.1 Å². The second-order valence-electron chi connectivity index (χ2n) is 29.5. The van der Waals surface area contributed by atoms with E-state index in [4.69, 9.17) is 74.3 Å². The number of aromatic amines is 1. The van der Waals surface area contributed by atoms with Gasteiger partial charge in [0, 0.05) is 81.7 Å². The van der Waals surface area contributed by atoms with E-state index in [0.717, 1.165) is 59.9 Å². The summed E-state index contributed by atoms with van der Waals surface area (Å²) in [7, 11) is -32.1. The van der Waals surface area contributed by atoms with E-state index in [0.29, 0.717) is 53.3 Å². The summed E-state index contributed by atoms with van der Waals surface area (Å²) in [5.74, 6) is -0.902. The topological polar surface area (TPSA) is 424 Å². The standard InChI is InChI=1S/C23H29N3O4S2.C21H21Cl2N3O6S2.C19H19Cl2N3O4S2.2C12H14ClN3O2S/c1-4-7-19-9-13-21(14-10-19)31(27,28)26(23-17-18-24-25(23)6-3)32(29,30)22-15-11-20(8-5-2)12-16-22;1-5-32-21(27)15-12-24-25(4)20(15)26(33(28,29)18-10-6-8-16(22)13(18)2)34(30,31)19-11-7-9-17(23)14(19)3;1-4-23-12-11-19(22-23)24(29(25,26)17-9-5-7-15(20)13(17)2)30(27,28)18-10-6-8-16(21)14(18)3;1-8-7-12(16(3)14-8)15-19(17,18)11-6-4-5-10(13)9(11)2;1-3-16-8-7-12(14-16)15-19(17,18)11-6-4-5-10(13)9(11)2/h9-18H,4-8H2,1-3H3;6-12H,5H2,1-4H3;5-12H,4H2,1-3H3;4-7,15H,1-3H3;4-8H,3H2,1-2H3,(H,14,15)/p+1. The van der Waals surface area contributed by atoms with Gasteiger partial charge in [-0.3, -0.25) is 23.5 Å². The van der Waals surface area contributed by atoms with Crippen molar-refractivity contribution in [3.63, 3.8) is 0 Å². The summed E-state index contributed by atoms with van der Waals surface area (Å²) >= 11 is 36.4. The summed E-state index contributed by atoms with van der Waals surface area (Å²) in [5, 5.41) is 20.7. The average molecular weight is 2110 g/mol. The predicted octanol–water partition coefficient (Wildman–Crippen LogP) is 17.5. The molecule has 5 heterocycles. The number of H-pyrrole nitrogens is 1. The Morgan fingerprint density at radius 3 is 1.17 bits per heavy atom. The molecule has 13 aromatic rings. The number of nitrogens with zero attached hydrogens (tertiary/aromatic N) is 12. The van der Waals surface area contributed by atoms with Crippen LogP contribution in [0.25, 0.3) is 0 Å². The Labute approximate surface area is 811 Å². The maximum Gasteiger partial charge on any atom is 0.343 e. The van der Waals surface area contributed by atoms with Crippen LogP contribution in [0.3, 0.4) is 0 Å². The number of aromatic nitrogens is 10. The van der Waals surface area contributed by atoms with Gasteiger partial charge >= 0.3 is 5.97 Å². The first-order chi connectivity index (χ1) is 62.9. The summed E-state index contributed by atoms with van der Waals surface area (Å²) in [6, 6.07) is 45.1. The van der Waals surface area contributed by atoms with Gasteiger partial charge < -0.3 is 4.74 Å². The third kappa shape index (κ3) is 24.0. The summed E-state index contributed by atoms with van der Waals surface area (Å²) in [6.45, 7) is 23.7. The normalized spacial score (nSPS) is 11.9. The first-order valence-electron chi connectivity index (χ1n) is 40.9. The molecule has 0 amide bonds. The molecule has 0 bridgehead atoms. The maximum absolute atomic E-state index is 14.0. The highest BCUT2D eigenvalue weighted by Gasteiger charge is 2.45. The van der Waals surface area contributed by atoms with Crippen LogP contribution in [-0.4, -0.2) is 124 Å². The van der Waals surface area contributed by atoms with E-state index in [-0.39, 0.29) is 109 Å². The van der Waals surface area contributed by atoms with Crippen LogP contribution in [0.15, 0.2) is 246 Å². The van der Waals surface area contributed by atoms with Gasteiger partial charge in [-0.05, 0) is 231 Å². The number of carbonyl (C=O) groups is 1. The van der Waals surface area contributed by atoms with Crippen LogP contribution in [-0.2, 0) is 131 Å². The van der Waals surface area contributed by atoms with Gasteiger partial charge in [-0.15, -0.1) is 20.9 Å². The Kier molecular flexibility index (Phi) is 35.7. The summed E-state index contributed by atoms with van der Waals surface area (Å²) in [5.41, 5.74) is 4.16. The molecule has 8 aromatic carbocycles. The Balaban J connectivity index is 0.000000192. The molecule has 0 atom stereocenters. The number of carbonyl (C=O) groups excluding carboxylic acids is 1. The Morgan fingerprint density at radius 2 is 0.821 bits per heavy atom. The van der Waals surface area contributed by atoms with Crippen LogP contribution in [0.5, 0.6) is 0 Å². The molecular formula is C87H98Cl6N15O18S8+. The number of ether oxygens (including phenoxy) is 1. The highest BCUT2D eigenvalue weighted by atomic mass is 35.5. The molecule has 0 aliphatic heterocycles. The molecule has 718 valence electrons. The van der Waals surface area contributed by atoms with Crippen molar-refractivity contribution in [2.45, 2.75) is 174 Å². The number of aryl methyl sites for hydroxylation is 8. The Morgan fingerprint density at radius 1 is 0.433 bits per heavy atom. The number of sulfonamides is 8. The van der Waals surface area contributed by atoms with Gasteiger partial charge in [0.1, 0.15) is 11.4 Å². The van der Waals surface area contributed by atoms with Crippen LogP contribution in [0.1, 0.15) is 115 Å². The van der Waals surface area contributed by atoms with E-state index < -0.39 is 92.0 Å². The SMILES string of the molecule is CCCc1ccc(S(=O)(=O)N(c2ccnn2CC)S(=O)(=O)c2ccc(CCC)cc2)cc1.CCOC(=O)c1cnn(C)c1N(S(=O)(=O)c1cccc(Cl)c1C)S(=O)(=O)c1cccc(Cl)c1C.CC[n+]1ccc(NS(=O)(=O)c2cccc(Cl)c2C)[nH]1.CCn1ccc(N(S(=O)(=O)c2cccc(Cl)c2C)S(=O)(=O)c2cccc(Cl)c2C)n1.Cc1cc(NS(=O)(=O)c2cccc(Cl)c2C)n(C)n1. The number of rotatable bonds is 30. The molecule has 0 aliphatic carbocycles. The van der Waals surface area contributed by atoms with Crippen LogP contribution in [0, 0.1) is 48.5 Å². The minimum atomic E-state index is -4.86. The Hall–Kier alpha value is -10.4. The van der Waals surface area contributed by atoms with Crippen LogP contribution in [0.4, 0.5) is 29.1 Å². The smallest absolute Gasteiger partial charge is 0.343 e. The monoisotopic (exact) mass is 2110 g/mol. The first kappa shape index (κ1) is 107. The zero-order valence-corrected chi connectivity index (χ0v) is 86.1. The van der Waals surface area contributed by atoms with Gasteiger partial charge in [0.15, 0.2) is 36.0 Å². The highest BCUT2D eigenvalue weighted by Crippen LogP contribution is 2.41. The number of halogens is 6. The van der Waals surface area contributed by atoms with E-state index >= 15 is 0 Å². The van der Waals surface area contributed by atoms with Crippen molar-refractivity contribution in [3.8, 4) is 0 Å². The second kappa shape index (κ2) is 44.6. The van der Waals surface area contributed by atoms with Crippen molar-refractivity contribution in [1.82, 2.24) is 44.2 Å². The molecule has 13 rings (SSSR count). The largest absolute Gasteiger partial charge is 0.462 e. The molecule has 5 aromatic heterocycles. The molecule has 0 spiro atoms. The minimum absolute atomic E-state index is 0.0204. The summed E-state index contributed by atoms with van der Waals surface area (Å²) < 4.78 is 232. The fourth-order valence-corrected chi connectivity index (χ4v) is 29.2. The van der Waals surface area contributed by atoms with Gasteiger partial charge in [0.05, 0.1) is 69.9 Å². The van der Waals surface area contributed by atoms with Gasteiger partial charge in [0.2, 0.25) is 0 Å². The number of benzene rings is 8. The molecule has 0 fully saturated rings. The number of nitrogens with one attached hydrogen (secondary N) is 3. The highest BCUT2D eigenvalue weighted by molar-refractivity contribution is 8.11. The van der Waals surface area contributed by atoms with Crippen molar-refractivity contribution in [1.29, 1.82) is 0 Å². The van der Waals surface area contributed by atoms with E-state index in [1.54, 1.807) is 120 Å². The van der Waals surface area contributed by atoms with E-state index in [9.17, 15) is 72.1 Å². The van der Waals surface area contributed by atoms with Crippen molar-refractivity contribution >= 4 is 185 Å². The lowest BCUT2D eigenvalue weighted by atomic mass is 10.1. The average Bonchev–Trinajstić information content (AvgIpc) is 1.33. The fraction of sp³-hybridized carbons (Fsp3) is 0.264. The first-order valence-corrected chi connectivity index (χ1v) is 54.7. The minimum Gasteiger partial charge on any atom is -0.462 e. The number of anilines is 5. The second-order valence-corrected chi connectivity index (χ2v) is 46.5. The molecule has 0 saturated carbocycles. The van der Waals surface area contributed by atoms with E-state index in [2.05, 4.69) is 34.9 Å². The van der Waals surface area contributed by atoms with Crippen molar-refractivity contribution < 1.29 is 81.6 Å². The molecule has 33 nitrogen and oxygen atoms in total. The zero-order valence-electron chi connectivity index (χ0n) is 75.0. The third-order valence-electron chi connectivity index (χ3n) is 20.2. The van der Waals surface area contributed by atoms with E-state index in [1.165, 1.54) is 183 Å². The van der Waals surface area contributed by atoms with Crippen molar-refractivity contribution in [2.75, 3.05) is 27.2 Å². The number of hydrogen-bond acceptors (Lipinski definition) is 22. The van der Waals surface area contributed by atoms with Gasteiger partial charge in [-0.2, -0.15) is 70.9 Å². The lowest BCUT2D eigenvalue weighted by molar-refractivity contribution is -0.746. The molecule has 0 aliphatic rings. The molecule has 0 unspecified atom stereocenters. The van der Waals surface area contributed by atoms with Crippen LogP contribution < -0.4 is 25.3 Å². The number of esters is 1. The lowest BCUT2D eigenvalue weighted by Crippen LogP contribution is -2.40. The maximum atomic E-state index is 14.0.